The molecular weight excluding hydrogens is 453 g/mol. The molecule has 168 valence electrons. The van der Waals surface area contributed by atoms with Crippen molar-refractivity contribution in [1.82, 2.24) is 4.90 Å². The van der Waals surface area contributed by atoms with Crippen LogP contribution in [0.4, 0.5) is 18.9 Å². The van der Waals surface area contributed by atoms with Gasteiger partial charge in [0.15, 0.2) is 0 Å². The Bertz CT molecular complexity index is 1130. The van der Waals surface area contributed by atoms with Gasteiger partial charge in [-0.25, -0.2) is 8.42 Å². The summed E-state index contributed by atoms with van der Waals surface area (Å²) < 4.78 is 66.4. The normalized spacial score (nSPS) is 14.9. The molecule has 0 fully saturated rings. The molecule has 2 aromatic rings. The molecule has 0 atom stereocenters. The summed E-state index contributed by atoms with van der Waals surface area (Å²) in [6.07, 6.45) is -4.76. The van der Waals surface area contributed by atoms with E-state index in [1.807, 2.05) is 20.8 Å². The zero-order valence-electron chi connectivity index (χ0n) is 17.2. The van der Waals surface area contributed by atoms with Crippen molar-refractivity contribution in [3.8, 4) is 0 Å². The maximum atomic E-state index is 12.9. The summed E-state index contributed by atoms with van der Waals surface area (Å²) >= 11 is 6.26. The van der Waals surface area contributed by atoms with Crippen LogP contribution >= 0.6 is 11.6 Å². The number of sulfonamides is 1. The summed E-state index contributed by atoms with van der Waals surface area (Å²) in [5.41, 5.74) is 2.03. The van der Waals surface area contributed by atoms with Crippen molar-refractivity contribution >= 4 is 33.2 Å². The maximum absolute atomic E-state index is 12.9. The van der Waals surface area contributed by atoms with Crippen LogP contribution in [0.3, 0.4) is 0 Å². The van der Waals surface area contributed by atoms with Gasteiger partial charge >= 0.3 is 12.1 Å². The third kappa shape index (κ3) is 5.15. The van der Waals surface area contributed by atoms with Crippen LogP contribution in [0.25, 0.3) is 0 Å². The van der Waals surface area contributed by atoms with E-state index in [1.54, 1.807) is 24.3 Å². The number of nitrogens with one attached hydrogen (secondary N) is 1. The molecule has 0 spiro atoms. The predicted octanol–water partition coefficient (Wildman–Crippen LogP) is 4.89. The highest BCUT2D eigenvalue weighted by Gasteiger charge is 2.43. The van der Waals surface area contributed by atoms with E-state index in [1.165, 1.54) is 12.1 Å². The van der Waals surface area contributed by atoms with Crippen molar-refractivity contribution < 1.29 is 26.4 Å². The van der Waals surface area contributed by atoms with E-state index in [2.05, 4.69) is 4.72 Å². The minimum atomic E-state index is -4.97. The van der Waals surface area contributed by atoms with Crippen molar-refractivity contribution in [2.75, 3.05) is 11.3 Å². The molecule has 2 aromatic carbocycles. The lowest BCUT2D eigenvalue weighted by atomic mass is 9.87. The minimum Gasteiger partial charge on any atom is -0.330 e. The van der Waals surface area contributed by atoms with E-state index in [0.717, 1.165) is 5.56 Å². The van der Waals surface area contributed by atoms with Crippen molar-refractivity contribution in [2.24, 2.45) is 0 Å². The Hall–Kier alpha value is -2.26. The molecule has 0 unspecified atom stereocenters. The highest BCUT2D eigenvalue weighted by molar-refractivity contribution is 7.92. The van der Waals surface area contributed by atoms with Gasteiger partial charge in [-0.2, -0.15) is 13.2 Å². The number of halogens is 4. The van der Waals surface area contributed by atoms with Gasteiger partial charge in [0, 0.05) is 13.1 Å². The molecule has 0 radical (unpaired) electrons. The number of hydrogen-bond acceptors (Lipinski definition) is 3. The van der Waals surface area contributed by atoms with E-state index in [4.69, 9.17) is 11.6 Å². The van der Waals surface area contributed by atoms with Crippen LogP contribution in [-0.4, -0.2) is 31.9 Å². The van der Waals surface area contributed by atoms with E-state index in [-0.39, 0.29) is 40.5 Å². The molecule has 0 saturated heterocycles. The van der Waals surface area contributed by atoms with Crippen LogP contribution in [0, 0.1) is 0 Å². The molecule has 3 rings (SSSR count). The molecule has 0 aromatic heterocycles. The zero-order chi connectivity index (χ0) is 23.2. The average molecular weight is 475 g/mol. The third-order valence-corrected chi connectivity index (χ3v) is 6.79. The molecule has 1 N–H and O–H groups in total. The lowest BCUT2D eigenvalue weighted by Gasteiger charge is -2.29. The quantitative estimate of drug-likeness (QED) is 0.689. The molecule has 1 aliphatic rings. The molecular formula is C21H22ClF3N2O3S. The van der Waals surface area contributed by atoms with E-state index in [9.17, 15) is 26.4 Å². The Morgan fingerprint density at radius 1 is 1.06 bits per heavy atom. The lowest BCUT2D eigenvalue weighted by molar-refractivity contribution is -0.186. The molecule has 10 heteroatoms. The summed E-state index contributed by atoms with van der Waals surface area (Å²) in [6, 6.07) is 9.28. The maximum Gasteiger partial charge on any atom is 0.471 e. The second-order valence-electron chi connectivity index (χ2n) is 8.46. The van der Waals surface area contributed by atoms with Gasteiger partial charge < -0.3 is 4.90 Å². The lowest BCUT2D eigenvalue weighted by Crippen LogP contribution is -2.43. The number of fused-ring (bicyclic) bond motifs is 1. The van der Waals surface area contributed by atoms with Gasteiger partial charge in [-0.1, -0.05) is 44.5 Å². The number of nitrogens with zero attached hydrogens (tertiary/aromatic N) is 1. The van der Waals surface area contributed by atoms with Gasteiger partial charge in [0.1, 0.15) is 0 Å². The van der Waals surface area contributed by atoms with Gasteiger partial charge in [0.05, 0.1) is 15.6 Å². The largest absolute Gasteiger partial charge is 0.471 e. The van der Waals surface area contributed by atoms with Crippen LogP contribution in [-0.2, 0) is 33.2 Å². The van der Waals surface area contributed by atoms with Crippen molar-refractivity contribution in [3.05, 3.63) is 58.1 Å². The number of benzene rings is 2. The van der Waals surface area contributed by atoms with Crippen LogP contribution < -0.4 is 4.72 Å². The van der Waals surface area contributed by atoms with Crippen LogP contribution in [0.2, 0.25) is 5.02 Å². The van der Waals surface area contributed by atoms with Gasteiger partial charge in [-0.15, -0.1) is 0 Å². The molecule has 0 bridgehead atoms. The standard InChI is InChI=1S/C21H22ClF3N2O3S/c1-20(2,3)15-5-7-18(17(22)11-15)26-31(29,30)16-6-4-13-8-9-27(12-14(13)10-16)19(28)21(23,24)25/h4-7,10-11,26H,8-9,12H2,1-3H3. The van der Waals surface area contributed by atoms with Crippen LogP contribution in [0.5, 0.6) is 0 Å². The van der Waals surface area contributed by atoms with E-state index < -0.39 is 22.1 Å². The topological polar surface area (TPSA) is 66.5 Å². The first kappa shape index (κ1) is 23.4. The second-order valence-corrected chi connectivity index (χ2v) is 10.5. The minimum absolute atomic E-state index is 0.0780. The number of alkyl halides is 3. The molecule has 1 aliphatic heterocycles. The van der Waals surface area contributed by atoms with Gasteiger partial charge in [-0.05, 0) is 52.8 Å². The average Bonchev–Trinajstić information content (AvgIpc) is 2.66. The number of anilines is 1. The fraction of sp³-hybridized carbons (Fsp3) is 0.381. The fourth-order valence-corrected chi connectivity index (χ4v) is 4.74. The summed E-state index contributed by atoms with van der Waals surface area (Å²) in [5, 5.41) is 0.232. The molecule has 1 heterocycles. The Morgan fingerprint density at radius 3 is 2.32 bits per heavy atom. The summed E-state index contributed by atoms with van der Waals surface area (Å²) in [7, 11) is -4.04. The van der Waals surface area contributed by atoms with Gasteiger partial charge in [0.2, 0.25) is 0 Å². The summed E-state index contributed by atoms with van der Waals surface area (Å²) in [6.45, 7) is 5.62. The van der Waals surface area contributed by atoms with Gasteiger partial charge in [-0.3, -0.25) is 9.52 Å². The highest BCUT2D eigenvalue weighted by atomic mass is 35.5. The predicted molar refractivity (Wildman–Crippen MR) is 113 cm³/mol. The second kappa shape index (κ2) is 8.02. The van der Waals surface area contributed by atoms with Crippen molar-refractivity contribution in [3.63, 3.8) is 0 Å². The number of carbonyl (C=O) groups excluding carboxylic acids is 1. The Kier molecular flexibility index (Phi) is 6.05. The van der Waals surface area contributed by atoms with Crippen LogP contribution in [0.1, 0.15) is 37.5 Å². The Morgan fingerprint density at radius 2 is 1.74 bits per heavy atom. The number of rotatable bonds is 3. The van der Waals surface area contributed by atoms with Crippen molar-refractivity contribution in [2.45, 2.75) is 50.2 Å². The molecule has 0 saturated carbocycles. The number of amides is 1. The van der Waals surface area contributed by atoms with E-state index >= 15 is 0 Å². The first-order chi connectivity index (χ1) is 14.2. The fourth-order valence-electron chi connectivity index (χ4n) is 3.32. The number of hydrogen-bond donors (Lipinski definition) is 1. The Labute approximate surface area is 184 Å². The molecule has 0 aliphatic carbocycles. The Balaban J connectivity index is 1.86. The third-order valence-electron chi connectivity index (χ3n) is 5.11. The molecule has 31 heavy (non-hydrogen) atoms. The number of carbonyl (C=O) groups is 1. The molecule has 5 nitrogen and oxygen atoms in total. The molecule has 1 amide bonds. The highest BCUT2D eigenvalue weighted by Crippen LogP contribution is 2.32. The first-order valence-corrected chi connectivity index (χ1v) is 11.4. The summed E-state index contributed by atoms with van der Waals surface area (Å²) in [5.74, 6) is -1.93. The van der Waals surface area contributed by atoms with Crippen molar-refractivity contribution in [1.29, 1.82) is 0 Å². The first-order valence-electron chi connectivity index (χ1n) is 9.49. The SMILES string of the molecule is CC(C)(C)c1ccc(NS(=O)(=O)c2ccc3c(c2)CN(C(=O)C(F)(F)F)CC3)c(Cl)c1. The van der Waals surface area contributed by atoms with Crippen LogP contribution in [0.15, 0.2) is 41.3 Å². The summed E-state index contributed by atoms with van der Waals surface area (Å²) in [4.78, 5) is 12.1. The zero-order valence-corrected chi connectivity index (χ0v) is 18.7. The van der Waals surface area contributed by atoms with E-state index in [0.29, 0.717) is 16.0 Å². The monoisotopic (exact) mass is 474 g/mol. The smallest absolute Gasteiger partial charge is 0.330 e. The van der Waals surface area contributed by atoms with Gasteiger partial charge in [0.25, 0.3) is 10.0 Å².